The molecule has 0 radical (unpaired) electrons. The second-order valence-electron chi connectivity index (χ2n) is 23.6. The molecule has 3 aromatic carbocycles. The van der Waals surface area contributed by atoms with E-state index in [-0.39, 0.29) is 71.4 Å². The van der Waals surface area contributed by atoms with Crippen LogP contribution < -0.4 is 31.6 Å². The fraction of sp³-hybridized carbons (Fsp3) is 0.361. The molecule has 0 spiro atoms. The van der Waals surface area contributed by atoms with Crippen LogP contribution in [-0.2, 0) is 63.6 Å². The van der Waals surface area contributed by atoms with Crippen LogP contribution in [0.5, 0.6) is 5.75 Å². The SMILES string of the molecule is CC1(C)/C(=C/C=C2\CCCC(/C=C/C3=[N+](CCCCS(=O)(=O)[O-])C4C=CC(S(=O)(=O)O)=CC4C3(C)C)=C2Oc2ccc(C[C@H](NC(=O)c3ccc(NCc4cnc5nc(N)[nH]c(=O)c5n4)cc3)C(=O)O)cc2)N(CCCCS(=O)(=O)O)c2ccc(S(=O)(=O)O)cc21. The van der Waals surface area contributed by atoms with Crippen molar-refractivity contribution < 1.29 is 75.9 Å². The first kappa shape index (κ1) is 67.2. The zero-order valence-corrected chi connectivity index (χ0v) is 53.2. The van der Waals surface area contributed by atoms with Crippen LogP contribution >= 0.6 is 0 Å². The number of hydrogen-bond donors (Lipinski definition) is 8. The lowest BCUT2D eigenvalue weighted by Crippen LogP contribution is -2.42. The Labute approximate surface area is 526 Å². The number of H-pyrrole nitrogens is 1. The topological polar surface area (TPSA) is 412 Å². The highest BCUT2D eigenvalue weighted by atomic mass is 32.2. The number of nitrogen functional groups attached to an aromatic ring is 1. The Hall–Kier alpha value is -8.23. The zero-order valence-electron chi connectivity index (χ0n) is 49.9. The van der Waals surface area contributed by atoms with Crippen LogP contribution in [0.3, 0.4) is 0 Å². The first-order valence-corrected chi connectivity index (χ1v) is 35.0. The number of nitrogens with one attached hydrogen (secondary N) is 3. The molecule has 30 heteroatoms. The van der Waals surface area contributed by atoms with Crippen molar-refractivity contribution in [1.82, 2.24) is 25.3 Å². The van der Waals surface area contributed by atoms with E-state index in [1.165, 1.54) is 42.6 Å². The van der Waals surface area contributed by atoms with E-state index in [1.54, 1.807) is 48.5 Å². The molecule has 91 heavy (non-hydrogen) atoms. The number of benzene rings is 3. The number of fused-ring (bicyclic) bond motifs is 3. The second kappa shape index (κ2) is 26.5. The van der Waals surface area contributed by atoms with E-state index >= 15 is 0 Å². The minimum Gasteiger partial charge on any atom is -0.748 e. The standard InChI is InChI=1S/C61H69N9O17S4/c1-60(2)46-33-44(90(81,82)83)22-24-49(46)69(28-5-7-30-88(75,76)77)51(60)26-16-38-10-9-11-39(17-27-52-61(3,4)47-34-45(91(84,85)86)23-25-50(47)70(52)29-6-8-31-89(78,79)80)54(38)87-43-20-12-37(13-21-43)32-48(58(73)74)66-56(71)40-14-18-41(19-15-40)63-35-42-36-64-55-53(65-42)57(72)68-59(62)67-55/h12-27,33-34,36,46,48-49H,5-11,28-32,35H2,1-4H3,(H9-,62,63,64,66,67,68,71,72,73,74,75,76,77,78,79,80,81,82,83,84,85,86)/t46?,48-,49?/m0/s1. The highest BCUT2D eigenvalue weighted by Crippen LogP contribution is 2.49. The number of carboxylic acids is 1. The number of aliphatic carboxylic acids is 1. The minimum absolute atomic E-state index is 0.0126. The van der Waals surface area contributed by atoms with Crippen molar-refractivity contribution in [2.45, 2.75) is 108 Å². The molecule has 0 fully saturated rings. The molecule has 0 bridgehead atoms. The number of amides is 1. The normalized spacial score (nSPS) is 19.5. The summed E-state index contributed by atoms with van der Waals surface area (Å²) < 4.78 is 146. The van der Waals surface area contributed by atoms with Crippen molar-refractivity contribution in [3.63, 3.8) is 0 Å². The Morgan fingerprint density at radius 3 is 2.27 bits per heavy atom. The Morgan fingerprint density at radius 1 is 0.890 bits per heavy atom. The van der Waals surface area contributed by atoms with Gasteiger partial charge in [0.15, 0.2) is 22.9 Å². The molecule has 1 amide bonds. The van der Waals surface area contributed by atoms with E-state index in [0.717, 1.165) is 5.71 Å². The van der Waals surface area contributed by atoms with Gasteiger partial charge in [0.1, 0.15) is 24.1 Å². The van der Waals surface area contributed by atoms with Gasteiger partial charge in [0.05, 0.1) is 55.4 Å². The highest BCUT2D eigenvalue weighted by Gasteiger charge is 2.53. The summed E-state index contributed by atoms with van der Waals surface area (Å²) in [5.41, 5.74) is 9.21. The number of hydrogen-bond acceptors (Lipinski definition) is 19. The summed E-state index contributed by atoms with van der Waals surface area (Å²) in [6.45, 7) is 8.31. The Balaban J connectivity index is 1.02. The molecule has 4 heterocycles. The maximum atomic E-state index is 13.5. The number of carbonyl (C=O) groups is 2. The molecule has 484 valence electrons. The molecule has 3 atom stereocenters. The molecular weight excluding hydrogens is 1260 g/mol. The minimum atomic E-state index is -4.62. The first-order chi connectivity index (χ1) is 42.7. The number of carbonyl (C=O) groups excluding carboxylic acids is 1. The van der Waals surface area contributed by atoms with Gasteiger partial charge in [-0.15, -0.1) is 0 Å². The number of allylic oxidation sites excluding steroid dienone is 8. The summed E-state index contributed by atoms with van der Waals surface area (Å²) in [6, 6.07) is 15.4. The monoisotopic (exact) mass is 1330 g/mol. The van der Waals surface area contributed by atoms with E-state index in [4.69, 9.17) is 10.5 Å². The number of carboxylic acid groups (broad SMARTS) is 1. The van der Waals surface area contributed by atoms with Crippen LogP contribution in [0.1, 0.15) is 99.8 Å². The van der Waals surface area contributed by atoms with E-state index in [0.29, 0.717) is 88.7 Å². The van der Waals surface area contributed by atoms with Crippen molar-refractivity contribution >= 4 is 86.5 Å². The highest BCUT2D eigenvalue weighted by molar-refractivity contribution is 7.90. The van der Waals surface area contributed by atoms with E-state index in [9.17, 15) is 71.4 Å². The summed E-state index contributed by atoms with van der Waals surface area (Å²) in [5, 5.41) is 16.1. The molecule has 2 aliphatic heterocycles. The molecule has 2 unspecified atom stereocenters. The third-order valence-corrected chi connectivity index (χ3v) is 19.8. The van der Waals surface area contributed by atoms with Crippen molar-refractivity contribution in [2.24, 2.45) is 11.3 Å². The average molecular weight is 1330 g/mol. The van der Waals surface area contributed by atoms with Gasteiger partial charge in [-0.3, -0.25) is 28.2 Å². The average Bonchev–Trinajstić information content (AvgIpc) is 1.60. The maximum Gasteiger partial charge on any atom is 0.326 e. The van der Waals surface area contributed by atoms with Crippen molar-refractivity contribution in [3.05, 3.63) is 176 Å². The van der Waals surface area contributed by atoms with Gasteiger partial charge in [0.25, 0.3) is 41.8 Å². The molecule has 9 rings (SSSR count). The number of nitrogens with two attached hydrogens (primary N) is 1. The fourth-order valence-corrected chi connectivity index (χ4v) is 14.1. The lowest BCUT2D eigenvalue weighted by atomic mass is 9.73. The van der Waals surface area contributed by atoms with Gasteiger partial charge in [0.2, 0.25) is 5.95 Å². The molecule has 26 nitrogen and oxygen atoms in total. The Morgan fingerprint density at radius 2 is 1.60 bits per heavy atom. The van der Waals surface area contributed by atoms with Gasteiger partial charge < -0.3 is 35.7 Å². The maximum absolute atomic E-state index is 13.5. The summed E-state index contributed by atoms with van der Waals surface area (Å²) in [5.74, 6) is -2.80. The summed E-state index contributed by atoms with van der Waals surface area (Å²) >= 11 is 0. The van der Waals surface area contributed by atoms with E-state index < -0.39 is 98.2 Å². The van der Waals surface area contributed by atoms with Gasteiger partial charge in [-0.25, -0.2) is 27.8 Å². The molecule has 4 aliphatic rings. The number of aromatic nitrogens is 4. The zero-order chi connectivity index (χ0) is 66.0. The molecule has 2 aliphatic carbocycles. The quantitative estimate of drug-likeness (QED) is 0.0179. The van der Waals surface area contributed by atoms with Crippen molar-refractivity contribution in [1.29, 1.82) is 0 Å². The van der Waals surface area contributed by atoms with Crippen LogP contribution in [0.15, 0.2) is 153 Å². The molecule has 0 saturated heterocycles. The summed E-state index contributed by atoms with van der Waals surface area (Å²) in [6.07, 6.45) is 15.7. The summed E-state index contributed by atoms with van der Waals surface area (Å²) in [7, 11) is -18.0. The van der Waals surface area contributed by atoms with Gasteiger partial charge in [-0.1, -0.05) is 38.1 Å². The largest absolute Gasteiger partial charge is 0.748 e. The van der Waals surface area contributed by atoms with Crippen LogP contribution in [0, 0.1) is 11.3 Å². The first-order valence-electron chi connectivity index (χ1n) is 28.9. The van der Waals surface area contributed by atoms with Crippen LogP contribution in [0.4, 0.5) is 17.3 Å². The second-order valence-corrected chi connectivity index (χ2v) is 29.6. The van der Waals surface area contributed by atoms with Crippen molar-refractivity contribution in [2.75, 3.05) is 40.5 Å². The number of anilines is 3. The third-order valence-electron chi connectivity index (χ3n) is 16.5. The van der Waals surface area contributed by atoms with Gasteiger partial charge >= 0.3 is 5.97 Å². The lowest BCUT2D eigenvalue weighted by molar-refractivity contribution is -0.550. The van der Waals surface area contributed by atoms with E-state index in [1.807, 2.05) is 61.5 Å². The van der Waals surface area contributed by atoms with Gasteiger partial charge in [-0.2, -0.15) is 30.2 Å². The fourth-order valence-electron chi connectivity index (χ4n) is 11.9. The molecule has 0 saturated carbocycles. The molecule has 5 aromatic rings. The predicted molar refractivity (Wildman–Crippen MR) is 338 cm³/mol. The van der Waals surface area contributed by atoms with Crippen LogP contribution in [0.25, 0.3) is 11.2 Å². The number of nitrogens with zero attached hydrogens (tertiary/aromatic N) is 5. The predicted octanol–water partition coefficient (Wildman–Crippen LogP) is 6.37. The van der Waals surface area contributed by atoms with Crippen molar-refractivity contribution in [3.8, 4) is 5.75 Å². The number of unbranched alkanes of at least 4 members (excludes halogenated alkanes) is 2. The number of ether oxygens (including phenoxy) is 1. The van der Waals surface area contributed by atoms with Crippen LogP contribution in [0.2, 0.25) is 0 Å². The molecular formula is C61H69N9O17S4. The summed E-state index contributed by atoms with van der Waals surface area (Å²) in [4.78, 5) is 54.7. The number of rotatable bonds is 25. The Kier molecular flexibility index (Phi) is 19.6. The van der Waals surface area contributed by atoms with Gasteiger partial charge in [-0.05, 0) is 154 Å². The molecule has 9 N–H and O–H groups in total. The smallest absolute Gasteiger partial charge is 0.326 e. The third kappa shape index (κ3) is 16.1. The Bertz CT molecular complexity index is 4480. The van der Waals surface area contributed by atoms with Gasteiger partial charge in [0, 0.05) is 59.3 Å². The van der Waals surface area contributed by atoms with E-state index in [2.05, 4.69) is 30.6 Å². The molecule has 2 aromatic heterocycles. The lowest BCUT2D eigenvalue weighted by Gasteiger charge is -2.27. The number of aromatic amines is 1. The van der Waals surface area contributed by atoms with Crippen LogP contribution in [-0.4, -0.2) is 136 Å².